The summed E-state index contributed by atoms with van der Waals surface area (Å²) in [5.41, 5.74) is 0.726. The van der Waals surface area contributed by atoms with Crippen molar-refractivity contribution in [3.05, 3.63) is 72.3 Å². The highest BCUT2D eigenvalue weighted by atomic mass is 32.2. The molecular weight excluding hydrogens is 612 g/mol. The summed E-state index contributed by atoms with van der Waals surface area (Å²) in [7, 11) is -8.23. The van der Waals surface area contributed by atoms with E-state index in [9.17, 15) is 25.8 Å². The molecule has 0 aliphatic rings. The zero-order chi connectivity index (χ0) is 33.6. The van der Waals surface area contributed by atoms with Crippen molar-refractivity contribution in [1.82, 2.24) is 0 Å². The van der Waals surface area contributed by atoms with Crippen molar-refractivity contribution in [1.29, 1.82) is 0 Å². The van der Waals surface area contributed by atoms with Gasteiger partial charge in [-0.1, -0.05) is 152 Å². The SMILES string of the molecule is CCCCCCC(C)F.CCCCCCCCCCCCc1ccccc1S(=O)(=O)O.O=S(=O)(O)c1cccc2ccccc12. The van der Waals surface area contributed by atoms with Crippen LogP contribution in [0.2, 0.25) is 0 Å². The molecule has 0 aromatic heterocycles. The molecule has 0 saturated carbocycles. The number of halogens is 1. The summed E-state index contributed by atoms with van der Waals surface area (Å²) in [5, 5.41) is 1.33. The van der Waals surface area contributed by atoms with Crippen LogP contribution in [0.1, 0.15) is 123 Å². The first kappa shape index (κ1) is 40.7. The predicted molar refractivity (Wildman–Crippen MR) is 185 cm³/mol. The molecule has 6 nitrogen and oxygen atoms in total. The lowest BCUT2D eigenvalue weighted by Crippen LogP contribution is -2.03. The third-order valence-electron chi connectivity index (χ3n) is 7.53. The molecule has 0 radical (unpaired) electrons. The standard InChI is InChI=1S/C18H30O3S.C10H8O3S.C8H17F/c1-2-3-4-5-6-7-8-9-10-11-14-17-15-12-13-16-18(17)22(19,20)21;11-14(12,13)10-7-3-5-8-4-1-2-6-9(8)10;1-3-4-5-6-7-8(2)9/h12-13,15-16H,2-11,14H2,1H3,(H,19,20,21);1-7H,(H,11,12,13);8H,3-7H2,1-2H3. The summed E-state index contributed by atoms with van der Waals surface area (Å²) < 4.78 is 74.9. The first-order valence-corrected chi connectivity index (χ1v) is 19.4. The van der Waals surface area contributed by atoms with Crippen LogP contribution in [0.15, 0.2) is 76.5 Å². The molecule has 3 rings (SSSR count). The molecule has 3 aromatic carbocycles. The fourth-order valence-corrected chi connectivity index (χ4v) is 6.50. The Morgan fingerprint density at radius 2 is 1.02 bits per heavy atom. The summed E-state index contributed by atoms with van der Waals surface area (Å²) in [5.74, 6) is 0. The third-order valence-corrected chi connectivity index (χ3v) is 9.40. The number of hydrogen-bond acceptors (Lipinski definition) is 4. The van der Waals surface area contributed by atoms with Crippen LogP contribution in [0, 0.1) is 0 Å². The minimum absolute atomic E-state index is 0.0457. The molecule has 0 bridgehead atoms. The molecule has 3 aromatic rings. The van der Waals surface area contributed by atoms with E-state index in [1.54, 1.807) is 49.4 Å². The molecule has 2 N–H and O–H groups in total. The van der Waals surface area contributed by atoms with Crippen molar-refractivity contribution in [2.75, 3.05) is 0 Å². The predicted octanol–water partition coefficient (Wildman–Crippen LogP) is 10.8. The first-order valence-electron chi connectivity index (χ1n) is 16.6. The van der Waals surface area contributed by atoms with Gasteiger partial charge < -0.3 is 0 Å². The van der Waals surface area contributed by atoms with Gasteiger partial charge in [0, 0.05) is 5.39 Å². The van der Waals surface area contributed by atoms with Crippen molar-refractivity contribution in [2.45, 2.75) is 139 Å². The molecule has 45 heavy (non-hydrogen) atoms. The monoisotopic (exact) mass is 666 g/mol. The number of alkyl halides is 1. The minimum Gasteiger partial charge on any atom is -0.282 e. The Morgan fingerprint density at radius 1 is 0.578 bits per heavy atom. The van der Waals surface area contributed by atoms with E-state index < -0.39 is 26.4 Å². The lowest BCUT2D eigenvalue weighted by Gasteiger charge is -2.07. The molecule has 0 aliphatic carbocycles. The van der Waals surface area contributed by atoms with Crippen molar-refractivity contribution < 1.29 is 30.3 Å². The quantitative estimate of drug-likeness (QED) is 0.103. The Bertz CT molecular complexity index is 1420. The number of unbranched alkanes of at least 4 members (excludes halogenated alkanes) is 12. The average molecular weight is 667 g/mol. The number of benzene rings is 3. The molecule has 254 valence electrons. The molecule has 1 atom stereocenters. The number of hydrogen-bond donors (Lipinski definition) is 2. The van der Waals surface area contributed by atoms with Crippen LogP contribution in [0.3, 0.4) is 0 Å². The van der Waals surface area contributed by atoms with E-state index in [1.165, 1.54) is 82.8 Å². The maximum Gasteiger partial charge on any atom is 0.295 e. The summed E-state index contributed by atoms with van der Waals surface area (Å²) in [6.07, 6.45) is 18.2. The lowest BCUT2D eigenvalue weighted by atomic mass is 10.0. The second kappa shape index (κ2) is 23.1. The van der Waals surface area contributed by atoms with Gasteiger partial charge >= 0.3 is 0 Å². The van der Waals surface area contributed by atoms with Gasteiger partial charge in [0.15, 0.2) is 0 Å². The van der Waals surface area contributed by atoms with Crippen molar-refractivity contribution in [3.8, 4) is 0 Å². The fraction of sp³-hybridized carbons (Fsp3) is 0.556. The second-order valence-electron chi connectivity index (χ2n) is 11.6. The van der Waals surface area contributed by atoms with Gasteiger partial charge in [0.1, 0.15) is 4.90 Å². The van der Waals surface area contributed by atoms with Gasteiger partial charge in [-0.15, -0.1) is 0 Å². The molecule has 0 fully saturated rings. The Hall–Kier alpha value is -2.33. The summed E-state index contributed by atoms with van der Waals surface area (Å²) >= 11 is 0. The van der Waals surface area contributed by atoms with E-state index in [4.69, 9.17) is 4.55 Å². The van der Waals surface area contributed by atoms with Crippen LogP contribution in [0.4, 0.5) is 4.39 Å². The van der Waals surface area contributed by atoms with E-state index in [0.29, 0.717) is 11.8 Å². The molecule has 0 amide bonds. The Labute approximate surface area is 272 Å². The van der Waals surface area contributed by atoms with Gasteiger partial charge in [0.25, 0.3) is 20.2 Å². The highest BCUT2D eigenvalue weighted by molar-refractivity contribution is 7.86. The number of fused-ring (bicyclic) bond motifs is 1. The van der Waals surface area contributed by atoms with Crippen LogP contribution < -0.4 is 0 Å². The summed E-state index contributed by atoms with van der Waals surface area (Å²) in [4.78, 5) is 0.0153. The molecule has 0 heterocycles. The lowest BCUT2D eigenvalue weighted by molar-refractivity contribution is 0.330. The van der Waals surface area contributed by atoms with Gasteiger partial charge in [-0.2, -0.15) is 16.8 Å². The van der Waals surface area contributed by atoms with Crippen LogP contribution in [0.5, 0.6) is 0 Å². The Balaban J connectivity index is 0.000000374. The Kier molecular flexibility index (Phi) is 20.9. The van der Waals surface area contributed by atoms with E-state index in [-0.39, 0.29) is 9.79 Å². The summed E-state index contributed by atoms with van der Waals surface area (Å²) in [6.45, 7) is 6.03. The van der Waals surface area contributed by atoms with Crippen molar-refractivity contribution in [2.24, 2.45) is 0 Å². The van der Waals surface area contributed by atoms with Gasteiger partial charge in [0.05, 0.1) is 11.1 Å². The minimum atomic E-state index is -4.13. The van der Waals surface area contributed by atoms with Crippen molar-refractivity contribution in [3.63, 3.8) is 0 Å². The van der Waals surface area contributed by atoms with Gasteiger partial charge in [-0.05, 0) is 49.3 Å². The zero-order valence-electron chi connectivity index (χ0n) is 27.5. The maximum atomic E-state index is 12.1. The zero-order valence-corrected chi connectivity index (χ0v) is 29.1. The molecule has 0 spiro atoms. The normalized spacial score (nSPS) is 12.1. The van der Waals surface area contributed by atoms with E-state index in [1.807, 2.05) is 12.1 Å². The largest absolute Gasteiger partial charge is 0.295 e. The average Bonchev–Trinajstić information content (AvgIpc) is 3.00. The highest BCUT2D eigenvalue weighted by Gasteiger charge is 2.14. The van der Waals surface area contributed by atoms with Crippen LogP contribution in [0.25, 0.3) is 10.8 Å². The van der Waals surface area contributed by atoms with Crippen LogP contribution in [-0.4, -0.2) is 32.1 Å². The number of rotatable bonds is 18. The topological polar surface area (TPSA) is 109 Å². The molecule has 1 unspecified atom stereocenters. The fourth-order valence-electron chi connectivity index (χ4n) is 5.04. The van der Waals surface area contributed by atoms with Gasteiger partial charge in [-0.25, -0.2) is 4.39 Å². The van der Waals surface area contributed by atoms with E-state index in [2.05, 4.69) is 13.8 Å². The van der Waals surface area contributed by atoms with Gasteiger partial charge in [0.2, 0.25) is 0 Å². The molecule has 0 saturated heterocycles. The van der Waals surface area contributed by atoms with Crippen molar-refractivity contribution >= 4 is 31.0 Å². The highest BCUT2D eigenvalue weighted by Crippen LogP contribution is 2.22. The third kappa shape index (κ3) is 18.4. The Morgan fingerprint density at radius 3 is 1.58 bits per heavy atom. The number of aryl methyl sites for hydroxylation is 1. The van der Waals surface area contributed by atoms with E-state index in [0.717, 1.165) is 36.6 Å². The smallest absolute Gasteiger partial charge is 0.282 e. The maximum absolute atomic E-state index is 12.1. The molecular formula is C36H55FO6S2. The first-order chi connectivity index (χ1) is 21.4. The molecule has 9 heteroatoms. The second-order valence-corrected chi connectivity index (χ2v) is 14.4. The van der Waals surface area contributed by atoms with Crippen LogP contribution >= 0.6 is 0 Å². The van der Waals surface area contributed by atoms with Gasteiger partial charge in [-0.3, -0.25) is 9.11 Å². The molecule has 0 aliphatic heterocycles. The van der Waals surface area contributed by atoms with E-state index >= 15 is 0 Å². The van der Waals surface area contributed by atoms with Crippen LogP contribution in [-0.2, 0) is 26.7 Å². The summed E-state index contributed by atoms with van der Waals surface area (Å²) in [6, 6.07) is 18.5.